The molecule has 1 aliphatic rings. The first-order valence-corrected chi connectivity index (χ1v) is 6.37. The first-order valence-electron chi connectivity index (χ1n) is 6.37. The van der Waals surface area contributed by atoms with Crippen LogP contribution in [0.2, 0.25) is 0 Å². The van der Waals surface area contributed by atoms with Gasteiger partial charge in [-0.3, -0.25) is 9.59 Å². The van der Waals surface area contributed by atoms with Crippen molar-refractivity contribution in [2.24, 2.45) is 0 Å². The third-order valence-corrected chi connectivity index (χ3v) is 3.46. The molecule has 1 aliphatic heterocycles. The lowest BCUT2D eigenvalue weighted by Crippen LogP contribution is -2.61. The zero-order chi connectivity index (χ0) is 14.9. The van der Waals surface area contributed by atoms with Gasteiger partial charge < -0.3 is 15.0 Å². The van der Waals surface area contributed by atoms with Gasteiger partial charge in [0.1, 0.15) is 23.7 Å². The van der Waals surface area contributed by atoms with Crippen LogP contribution < -0.4 is 10.1 Å². The number of methoxy groups -OCH3 is 1. The van der Waals surface area contributed by atoms with Gasteiger partial charge in [0.25, 0.3) is 0 Å². The van der Waals surface area contributed by atoms with Crippen LogP contribution >= 0.6 is 0 Å². The third-order valence-electron chi connectivity index (χ3n) is 3.46. The second kappa shape index (κ2) is 5.48. The average molecular weight is 280 g/mol. The predicted molar refractivity (Wildman–Crippen MR) is 70.6 cm³/mol. The molecule has 2 rings (SSSR count). The standard InChI is InChI=1S/C14H17FN2O3/c1-8-14(19)17(9(2)13(18)16-8)7-10-4-5-11(20-3)6-12(10)15/h4-6,8-9H,7H2,1-3H3,(H,16,18). The quantitative estimate of drug-likeness (QED) is 0.901. The van der Waals surface area contributed by atoms with Crippen molar-refractivity contribution in [3.8, 4) is 5.75 Å². The lowest BCUT2D eigenvalue weighted by atomic mass is 10.1. The van der Waals surface area contributed by atoms with Crippen LogP contribution in [0.4, 0.5) is 4.39 Å². The minimum atomic E-state index is -0.611. The summed E-state index contributed by atoms with van der Waals surface area (Å²) in [5.74, 6) is -0.489. The predicted octanol–water partition coefficient (Wildman–Crippen LogP) is 1.07. The summed E-state index contributed by atoms with van der Waals surface area (Å²) in [7, 11) is 1.46. The number of amides is 2. The molecular weight excluding hydrogens is 263 g/mol. The van der Waals surface area contributed by atoms with Crippen LogP contribution in [-0.2, 0) is 16.1 Å². The molecule has 2 amide bonds. The maximum absolute atomic E-state index is 13.9. The fraction of sp³-hybridized carbons (Fsp3) is 0.429. The lowest BCUT2D eigenvalue weighted by molar-refractivity contribution is -0.148. The van der Waals surface area contributed by atoms with E-state index in [1.54, 1.807) is 26.0 Å². The van der Waals surface area contributed by atoms with Gasteiger partial charge >= 0.3 is 0 Å². The fourth-order valence-corrected chi connectivity index (χ4v) is 2.16. The van der Waals surface area contributed by atoms with Gasteiger partial charge in [0.2, 0.25) is 11.8 Å². The lowest BCUT2D eigenvalue weighted by Gasteiger charge is -2.36. The molecule has 1 heterocycles. The van der Waals surface area contributed by atoms with Gasteiger partial charge in [0.15, 0.2) is 0 Å². The van der Waals surface area contributed by atoms with Gasteiger partial charge in [0, 0.05) is 18.2 Å². The highest BCUT2D eigenvalue weighted by Crippen LogP contribution is 2.20. The Labute approximate surface area is 116 Å². The second-order valence-electron chi connectivity index (χ2n) is 4.83. The summed E-state index contributed by atoms with van der Waals surface area (Å²) in [5.41, 5.74) is 0.355. The molecule has 1 aromatic rings. The fourth-order valence-electron chi connectivity index (χ4n) is 2.16. The molecule has 0 aliphatic carbocycles. The van der Waals surface area contributed by atoms with Crippen molar-refractivity contribution in [1.82, 2.24) is 10.2 Å². The van der Waals surface area contributed by atoms with Crippen molar-refractivity contribution < 1.29 is 18.7 Å². The monoisotopic (exact) mass is 280 g/mol. The molecule has 1 N–H and O–H groups in total. The van der Waals surface area contributed by atoms with Crippen LogP contribution in [0.25, 0.3) is 0 Å². The van der Waals surface area contributed by atoms with E-state index in [1.807, 2.05) is 0 Å². The van der Waals surface area contributed by atoms with Crippen molar-refractivity contribution in [2.45, 2.75) is 32.5 Å². The van der Waals surface area contributed by atoms with Crippen LogP contribution in [0.3, 0.4) is 0 Å². The number of benzene rings is 1. The summed E-state index contributed by atoms with van der Waals surface area (Å²) in [6, 6.07) is 3.25. The number of nitrogens with zero attached hydrogens (tertiary/aromatic N) is 1. The summed E-state index contributed by atoms with van der Waals surface area (Å²) >= 11 is 0. The highest BCUT2D eigenvalue weighted by atomic mass is 19.1. The Morgan fingerprint density at radius 3 is 2.65 bits per heavy atom. The Kier molecular flexibility index (Phi) is 3.92. The first kappa shape index (κ1) is 14.3. The Hall–Kier alpha value is -2.11. The van der Waals surface area contributed by atoms with Gasteiger partial charge in [-0.15, -0.1) is 0 Å². The van der Waals surface area contributed by atoms with Gasteiger partial charge in [0.05, 0.1) is 7.11 Å². The largest absolute Gasteiger partial charge is 0.497 e. The van der Waals surface area contributed by atoms with E-state index in [2.05, 4.69) is 5.32 Å². The zero-order valence-electron chi connectivity index (χ0n) is 11.6. The van der Waals surface area contributed by atoms with E-state index < -0.39 is 17.9 Å². The molecule has 5 nitrogen and oxygen atoms in total. The van der Waals surface area contributed by atoms with E-state index in [-0.39, 0.29) is 18.4 Å². The first-order chi connectivity index (χ1) is 9.43. The van der Waals surface area contributed by atoms with Crippen LogP contribution in [0.5, 0.6) is 5.75 Å². The highest BCUT2D eigenvalue weighted by Gasteiger charge is 2.35. The van der Waals surface area contributed by atoms with Crippen LogP contribution in [0.1, 0.15) is 19.4 Å². The van der Waals surface area contributed by atoms with Crippen molar-refractivity contribution in [2.75, 3.05) is 7.11 Å². The van der Waals surface area contributed by atoms with Gasteiger partial charge in [-0.1, -0.05) is 6.07 Å². The number of nitrogens with one attached hydrogen (secondary N) is 1. The molecule has 0 aromatic heterocycles. The molecule has 108 valence electrons. The molecule has 0 bridgehead atoms. The number of hydrogen-bond acceptors (Lipinski definition) is 3. The normalized spacial score (nSPS) is 22.7. The van der Waals surface area contributed by atoms with E-state index in [9.17, 15) is 14.0 Å². The number of rotatable bonds is 3. The van der Waals surface area contributed by atoms with Gasteiger partial charge in [-0.2, -0.15) is 0 Å². The average Bonchev–Trinajstić information content (AvgIpc) is 2.42. The summed E-state index contributed by atoms with van der Waals surface area (Å²) in [5, 5.41) is 2.58. The molecule has 6 heteroatoms. The van der Waals surface area contributed by atoms with E-state index in [1.165, 1.54) is 18.1 Å². The number of ether oxygens (including phenoxy) is 1. The van der Waals surface area contributed by atoms with Crippen molar-refractivity contribution in [3.05, 3.63) is 29.6 Å². The molecule has 2 atom stereocenters. The number of hydrogen-bond donors (Lipinski definition) is 1. The number of piperazine rings is 1. The summed E-state index contributed by atoms with van der Waals surface area (Å²) in [4.78, 5) is 25.2. The summed E-state index contributed by atoms with van der Waals surface area (Å²) in [6.45, 7) is 3.30. The van der Waals surface area contributed by atoms with Crippen molar-refractivity contribution in [1.29, 1.82) is 0 Å². The topological polar surface area (TPSA) is 58.6 Å². The van der Waals surface area contributed by atoms with E-state index in [0.29, 0.717) is 11.3 Å². The molecule has 1 aromatic carbocycles. The van der Waals surface area contributed by atoms with Crippen LogP contribution in [0.15, 0.2) is 18.2 Å². The molecule has 1 fully saturated rings. The Morgan fingerprint density at radius 2 is 2.05 bits per heavy atom. The zero-order valence-corrected chi connectivity index (χ0v) is 11.6. The second-order valence-corrected chi connectivity index (χ2v) is 4.83. The smallest absolute Gasteiger partial charge is 0.245 e. The number of carbonyl (C=O) groups excluding carboxylic acids is 2. The third kappa shape index (κ3) is 2.59. The molecule has 0 spiro atoms. The van der Waals surface area contributed by atoms with Crippen LogP contribution in [0, 0.1) is 5.82 Å². The molecule has 0 radical (unpaired) electrons. The van der Waals surface area contributed by atoms with Crippen molar-refractivity contribution in [3.63, 3.8) is 0 Å². The van der Waals surface area contributed by atoms with Crippen LogP contribution in [-0.4, -0.2) is 35.9 Å². The maximum Gasteiger partial charge on any atom is 0.245 e. The van der Waals surface area contributed by atoms with Gasteiger partial charge in [-0.25, -0.2) is 4.39 Å². The Morgan fingerprint density at radius 1 is 1.35 bits per heavy atom. The number of halogens is 1. The maximum atomic E-state index is 13.9. The molecule has 1 saturated heterocycles. The van der Waals surface area contributed by atoms with E-state index >= 15 is 0 Å². The number of carbonyl (C=O) groups is 2. The minimum absolute atomic E-state index is 0.0631. The molecule has 2 unspecified atom stereocenters. The Balaban J connectivity index is 2.23. The Bertz CT molecular complexity index is 547. The molecule has 20 heavy (non-hydrogen) atoms. The summed E-state index contributed by atoms with van der Waals surface area (Å²) in [6.07, 6.45) is 0. The van der Waals surface area contributed by atoms with E-state index in [4.69, 9.17) is 4.74 Å². The SMILES string of the molecule is COc1ccc(CN2C(=O)C(C)NC(=O)C2C)c(F)c1. The highest BCUT2D eigenvalue weighted by molar-refractivity contribution is 5.96. The molecular formula is C14H17FN2O3. The van der Waals surface area contributed by atoms with E-state index in [0.717, 1.165) is 0 Å². The van der Waals surface area contributed by atoms with Crippen molar-refractivity contribution >= 4 is 11.8 Å². The summed E-state index contributed by atoms with van der Waals surface area (Å²) < 4.78 is 18.9. The molecule has 0 saturated carbocycles. The van der Waals surface area contributed by atoms with Gasteiger partial charge in [-0.05, 0) is 19.9 Å². The minimum Gasteiger partial charge on any atom is -0.497 e.